The van der Waals surface area contributed by atoms with Gasteiger partial charge in [-0.15, -0.1) is 0 Å². The van der Waals surface area contributed by atoms with Crippen LogP contribution in [-0.4, -0.2) is 14.3 Å². The highest BCUT2D eigenvalue weighted by Gasteiger charge is 2.19. The van der Waals surface area contributed by atoms with E-state index in [-0.39, 0.29) is 22.9 Å². The Labute approximate surface area is 170 Å². The number of hydrogen-bond donors (Lipinski definition) is 1. The Hall–Kier alpha value is -2.71. The average Bonchev–Trinajstić information content (AvgIpc) is 2.67. The van der Waals surface area contributed by atoms with Crippen molar-refractivity contribution >= 4 is 31.9 Å². The maximum Gasteiger partial charge on any atom is 0.265 e. The number of carbonyl (C=O) groups is 1. The summed E-state index contributed by atoms with van der Waals surface area (Å²) in [5.41, 5.74) is 0.755. The van der Waals surface area contributed by atoms with Gasteiger partial charge in [0, 0.05) is 10.0 Å². The first-order valence-electron chi connectivity index (χ1n) is 8.13. The third kappa shape index (κ3) is 5.17. The van der Waals surface area contributed by atoms with Gasteiger partial charge in [-0.2, -0.15) is 0 Å². The monoisotopic (exact) mass is 463 g/mol. The highest BCUT2D eigenvalue weighted by Crippen LogP contribution is 2.18. The molecule has 0 fully saturated rings. The van der Waals surface area contributed by atoms with Gasteiger partial charge in [0.05, 0.1) is 4.90 Å². The van der Waals surface area contributed by atoms with E-state index in [1.807, 2.05) is 4.72 Å². The zero-order valence-electron chi connectivity index (χ0n) is 14.4. The fraction of sp³-hybridized carbons (Fsp3) is 0.0500. The molecule has 5 nitrogen and oxygen atoms in total. The van der Waals surface area contributed by atoms with Crippen molar-refractivity contribution in [3.05, 3.63) is 94.2 Å². The van der Waals surface area contributed by atoms with Crippen LogP contribution in [0.25, 0.3) is 0 Å². The van der Waals surface area contributed by atoms with Gasteiger partial charge < -0.3 is 4.74 Å². The second-order valence-corrected chi connectivity index (χ2v) is 8.43. The highest BCUT2D eigenvalue weighted by molar-refractivity contribution is 9.10. The van der Waals surface area contributed by atoms with Gasteiger partial charge in [0.15, 0.2) is 0 Å². The fourth-order valence-corrected chi connectivity index (χ4v) is 3.61. The smallest absolute Gasteiger partial charge is 0.265 e. The van der Waals surface area contributed by atoms with E-state index in [1.54, 1.807) is 36.4 Å². The van der Waals surface area contributed by atoms with E-state index in [2.05, 4.69) is 15.9 Å². The number of halogens is 2. The SMILES string of the molecule is O=C(NS(=O)(=O)c1ccc(Br)cc1)c1cccc(OCc2cccc(F)c2)c1. The van der Waals surface area contributed by atoms with Crippen molar-refractivity contribution in [2.75, 3.05) is 0 Å². The third-order valence-corrected chi connectivity index (χ3v) is 5.62. The molecule has 8 heteroatoms. The number of hydrogen-bond acceptors (Lipinski definition) is 4. The molecule has 0 saturated carbocycles. The molecule has 0 radical (unpaired) electrons. The molecule has 0 aliphatic rings. The van der Waals surface area contributed by atoms with Gasteiger partial charge in [0.2, 0.25) is 0 Å². The van der Waals surface area contributed by atoms with Crippen LogP contribution in [0.3, 0.4) is 0 Å². The van der Waals surface area contributed by atoms with Crippen LogP contribution in [0, 0.1) is 5.82 Å². The first kappa shape index (κ1) is 20.0. The molecule has 144 valence electrons. The van der Waals surface area contributed by atoms with Gasteiger partial charge in [-0.05, 0) is 60.2 Å². The minimum Gasteiger partial charge on any atom is -0.489 e. The van der Waals surface area contributed by atoms with Gasteiger partial charge in [-0.25, -0.2) is 17.5 Å². The van der Waals surface area contributed by atoms with Crippen LogP contribution in [0.5, 0.6) is 5.75 Å². The molecule has 3 aromatic carbocycles. The van der Waals surface area contributed by atoms with Crippen molar-refractivity contribution in [3.8, 4) is 5.75 Å². The van der Waals surface area contributed by atoms with Gasteiger partial charge in [0.25, 0.3) is 15.9 Å². The summed E-state index contributed by atoms with van der Waals surface area (Å²) in [5, 5.41) is 0. The van der Waals surface area contributed by atoms with Gasteiger partial charge >= 0.3 is 0 Å². The van der Waals surface area contributed by atoms with Crippen LogP contribution in [0.2, 0.25) is 0 Å². The number of amides is 1. The van der Waals surface area contributed by atoms with Crippen LogP contribution < -0.4 is 9.46 Å². The van der Waals surface area contributed by atoms with Crippen molar-refractivity contribution in [1.29, 1.82) is 0 Å². The van der Waals surface area contributed by atoms with Gasteiger partial charge in [-0.3, -0.25) is 4.79 Å². The summed E-state index contributed by atoms with van der Waals surface area (Å²) in [4.78, 5) is 12.3. The fourth-order valence-electron chi connectivity index (χ4n) is 2.37. The Bertz CT molecular complexity index is 1100. The Kier molecular flexibility index (Phi) is 6.11. The van der Waals surface area contributed by atoms with E-state index >= 15 is 0 Å². The molecule has 0 atom stereocenters. The summed E-state index contributed by atoms with van der Waals surface area (Å²) >= 11 is 3.23. The molecule has 0 aliphatic heterocycles. The number of carbonyl (C=O) groups excluding carboxylic acids is 1. The van der Waals surface area contributed by atoms with Crippen LogP contribution >= 0.6 is 15.9 Å². The summed E-state index contributed by atoms with van der Waals surface area (Å²) in [5.74, 6) is -0.788. The molecule has 0 aromatic heterocycles. The second-order valence-electron chi connectivity index (χ2n) is 5.83. The summed E-state index contributed by atoms with van der Waals surface area (Å²) in [6.45, 7) is 0.111. The van der Waals surface area contributed by atoms with E-state index in [1.165, 1.54) is 36.4 Å². The molecule has 1 N–H and O–H groups in total. The van der Waals surface area contributed by atoms with E-state index in [9.17, 15) is 17.6 Å². The van der Waals surface area contributed by atoms with E-state index in [0.29, 0.717) is 11.3 Å². The molecular formula is C20H15BrFNO4S. The summed E-state index contributed by atoms with van der Waals surface area (Å²) in [7, 11) is -4.00. The predicted molar refractivity (Wildman–Crippen MR) is 106 cm³/mol. The largest absolute Gasteiger partial charge is 0.489 e. The lowest BCUT2D eigenvalue weighted by Gasteiger charge is -2.10. The molecule has 0 aliphatic carbocycles. The average molecular weight is 464 g/mol. The minimum absolute atomic E-state index is 0.0254. The lowest BCUT2D eigenvalue weighted by molar-refractivity contribution is 0.0981. The van der Waals surface area contributed by atoms with Crippen LogP contribution in [-0.2, 0) is 16.6 Å². The molecule has 3 aromatic rings. The number of benzene rings is 3. The molecule has 1 amide bonds. The van der Waals surface area contributed by atoms with Gasteiger partial charge in [-0.1, -0.05) is 34.1 Å². The minimum atomic E-state index is -4.00. The Morgan fingerprint density at radius 1 is 1.00 bits per heavy atom. The zero-order chi connectivity index (χ0) is 20.1. The lowest BCUT2D eigenvalue weighted by Crippen LogP contribution is -2.30. The van der Waals surface area contributed by atoms with Crippen molar-refractivity contribution in [2.24, 2.45) is 0 Å². The zero-order valence-corrected chi connectivity index (χ0v) is 16.8. The molecule has 0 unspecified atom stereocenters. The Morgan fingerprint density at radius 3 is 2.43 bits per heavy atom. The van der Waals surface area contributed by atoms with Gasteiger partial charge in [0.1, 0.15) is 18.2 Å². The first-order chi connectivity index (χ1) is 13.3. The van der Waals surface area contributed by atoms with E-state index in [0.717, 1.165) is 4.47 Å². The Balaban J connectivity index is 1.70. The normalized spacial score (nSPS) is 11.1. The molecule has 3 rings (SSSR count). The van der Waals surface area contributed by atoms with Crippen molar-refractivity contribution in [2.45, 2.75) is 11.5 Å². The Morgan fingerprint density at radius 2 is 1.71 bits per heavy atom. The number of sulfonamides is 1. The maximum absolute atomic E-state index is 13.2. The maximum atomic E-state index is 13.2. The standard InChI is InChI=1S/C20H15BrFNO4S/c21-16-7-9-19(10-8-16)28(25,26)23-20(24)15-4-2-6-18(12-15)27-13-14-3-1-5-17(22)11-14/h1-12H,13H2,(H,23,24). The first-order valence-corrected chi connectivity index (χ1v) is 10.4. The molecule has 0 saturated heterocycles. The number of ether oxygens (including phenoxy) is 1. The number of rotatable bonds is 6. The molecule has 28 heavy (non-hydrogen) atoms. The van der Waals surface area contributed by atoms with Crippen molar-refractivity contribution < 1.29 is 22.3 Å². The highest BCUT2D eigenvalue weighted by atomic mass is 79.9. The van der Waals surface area contributed by atoms with Crippen LogP contribution in [0.15, 0.2) is 82.2 Å². The molecular weight excluding hydrogens is 449 g/mol. The lowest BCUT2D eigenvalue weighted by atomic mass is 10.2. The van der Waals surface area contributed by atoms with E-state index < -0.39 is 15.9 Å². The van der Waals surface area contributed by atoms with Crippen LogP contribution in [0.4, 0.5) is 4.39 Å². The van der Waals surface area contributed by atoms with Crippen molar-refractivity contribution in [1.82, 2.24) is 4.72 Å². The topological polar surface area (TPSA) is 72.5 Å². The van der Waals surface area contributed by atoms with E-state index in [4.69, 9.17) is 4.74 Å². The number of nitrogens with one attached hydrogen (secondary N) is 1. The summed E-state index contributed by atoms with van der Waals surface area (Å²) in [6.07, 6.45) is 0. The van der Waals surface area contributed by atoms with Crippen LogP contribution in [0.1, 0.15) is 15.9 Å². The van der Waals surface area contributed by atoms with Crippen molar-refractivity contribution in [3.63, 3.8) is 0 Å². The quantitative estimate of drug-likeness (QED) is 0.591. The molecule has 0 spiro atoms. The predicted octanol–water partition coefficient (Wildman–Crippen LogP) is 4.29. The molecule has 0 heterocycles. The second kappa shape index (κ2) is 8.53. The molecule has 0 bridgehead atoms. The third-order valence-electron chi connectivity index (χ3n) is 3.74. The summed E-state index contributed by atoms with van der Waals surface area (Å²) < 4.78 is 46.2. The summed E-state index contributed by atoms with van der Waals surface area (Å²) in [6, 6.07) is 18.0.